The van der Waals surface area contributed by atoms with E-state index in [4.69, 9.17) is 0 Å². The first-order chi connectivity index (χ1) is 9.47. The Hall–Kier alpha value is -2.02. The number of aliphatic carboxylic acids is 1. The fraction of sp³-hybridized carbons (Fsp3) is 0.308. The molecule has 2 heterocycles. The number of β-lactam (4-membered cyclic amide) rings is 1. The van der Waals surface area contributed by atoms with Crippen molar-refractivity contribution in [2.24, 2.45) is 0 Å². The number of carboxylic acid groups (broad SMARTS) is 1. The molecule has 6 nitrogen and oxygen atoms in total. The number of nitrogens with zero attached hydrogens (tertiary/aromatic N) is 1. The second-order valence-corrected chi connectivity index (χ2v) is 5.34. The molecule has 2 aliphatic rings. The van der Waals surface area contributed by atoms with Crippen LogP contribution in [0.25, 0.3) is 0 Å². The summed E-state index contributed by atoms with van der Waals surface area (Å²) in [5.41, 5.74) is 0.702. The maximum Gasteiger partial charge on any atom is 0.353 e. The van der Waals surface area contributed by atoms with Gasteiger partial charge in [0, 0.05) is 30.0 Å². The Bertz CT molecular complexity index is 577. The van der Waals surface area contributed by atoms with Gasteiger partial charge in [-0.15, -0.1) is 0 Å². The lowest BCUT2D eigenvalue weighted by Crippen LogP contribution is -2.52. The third-order valence-corrected chi connectivity index (χ3v) is 4.02. The van der Waals surface area contributed by atoms with Gasteiger partial charge in [0.1, 0.15) is 5.70 Å². The van der Waals surface area contributed by atoms with Crippen LogP contribution in [-0.2, 0) is 14.4 Å². The van der Waals surface area contributed by atoms with Crippen LogP contribution in [0.4, 0.5) is 0 Å². The molecule has 2 rings (SSSR count). The predicted molar refractivity (Wildman–Crippen MR) is 74.2 cm³/mol. The molecule has 0 bridgehead atoms. The van der Waals surface area contributed by atoms with Gasteiger partial charge in [0.05, 0.1) is 6.04 Å². The fourth-order valence-electron chi connectivity index (χ4n) is 2.27. The summed E-state index contributed by atoms with van der Waals surface area (Å²) in [6, 6.07) is -0.157. The van der Waals surface area contributed by atoms with Crippen LogP contribution >= 0.6 is 11.8 Å². The quantitative estimate of drug-likeness (QED) is 0.600. The van der Waals surface area contributed by atoms with Crippen molar-refractivity contribution < 1.29 is 19.5 Å². The van der Waals surface area contributed by atoms with Crippen molar-refractivity contribution in [3.8, 4) is 0 Å². The monoisotopic (exact) mass is 294 g/mol. The highest BCUT2D eigenvalue weighted by Crippen LogP contribution is 2.45. The first kappa shape index (κ1) is 14.4. The summed E-state index contributed by atoms with van der Waals surface area (Å²) in [6.07, 6.45) is 3.68. The largest absolute Gasteiger partial charge is 0.477 e. The summed E-state index contributed by atoms with van der Waals surface area (Å²) < 4.78 is 0. The minimum absolute atomic E-state index is 0.0445. The van der Waals surface area contributed by atoms with E-state index in [1.165, 1.54) is 29.8 Å². The van der Waals surface area contributed by atoms with Crippen molar-refractivity contribution in [3.05, 3.63) is 33.9 Å². The van der Waals surface area contributed by atoms with Gasteiger partial charge in [-0.25, -0.2) is 4.79 Å². The van der Waals surface area contributed by atoms with Gasteiger partial charge in [-0.05, 0) is 12.3 Å². The Morgan fingerprint density at radius 2 is 2.20 bits per heavy atom. The Labute approximate surface area is 120 Å². The van der Waals surface area contributed by atoms with E-state index in [1.807, 2.05) is 0 Å². The van der Waals surface area contributed by atoms with E-state index < -0.39 is 5.97 Å². The predicted octanol–water partition coefficient (Wildman–Crippen LogP) is 1.18. The summed E-state index contributed by atoms with van der Waals surface area (Å²) in [7, 11) is 0. The highest BCUT2D eigenvalue weighted by molar-refractivity contribution is 8.05. The smallest absolute Gasteiger partial charge is 0.353 e. The van der Waals surface area contributed by atoms with Crippen LogP contribution in [0, 0.1) is 0 Å². The number of fused-ring (bicyclic) bond motifs is 1. The Kier molecular flexibility index (Phi) is 3.99. The molecule has 0 spiro atoms. The van der Waals surface area contributed by atoms with Gasteiger partial charge in [-0.2, -0.15) is 0 Å². The minimum atomic E-state index is -1.11. The molecule has 0 radical (unpaired) electrons. The molecule has 20 heavy (non-hydrogen) atoms. The SMILES string of the molecule is C/C=C1/C(=O)N2C(C(=O)O)=C(S/C=C/NC(C)=O)C[C@H]12. The number of hydrogen-bond donors (Lipinski definition) is 2. The van der Waals surface area contributed by atoms with Gasteiger partial charge in [-0.3, -0.25) is 14.5 Å². The van der Waals surface area contributed by atoms with E-state index in [1.54, 1.807) is 18.4 Å². The number of nitrogens with one attached hydrogen (secondary N) is 1. The fourth-order valence-corrected chi connectivity index (χ4v) is 3.12. The van der Waals surface area contributed by atoms with Gasteiger partial charge in [0.2, 0.25) is 5.91 Å². The third-order valence-electron chi connectivity index (χ3n) is 3.10. The third kappa shape index (κ3) is 2.36. The van der Waals surface area contributed by atoms with E-state index in [9.17, 15) is 19.5 Å². The van der Waals surface area contributed by atoms with Crippen LogP contribution in [0.2, 0.25) is 0 Å². The van der Waals surface area contributed by atoms with Crippen LogP contribution in [0.1, 0.15) is 20.3 Å². The first-order valence-corrected chi connectivity index (χ1v) is 6.90. The van der Waals surface area contributed by atoms with Crippen LogP contribution in [0.5, 0.6) is 0 Å². The summed E-state index contributed by atoms with van der Waals surface area (Å²) in [5, 5.41) is 13.3. The van der Waals surface area contributed by atoms with Crippen LogP contribution in [-0.4, -0.2) is 33.8 Å². The molecule has 0 aromatic carbocycles. The van der Waals surface area contributed by atoms with E-state index in [0.717, 1.165) is 0 Å². The number of amides is 2. The molecule has 2 N–H and O–H groups in total. The molecular weight excluding hydrogens is 280 g/mol. The number of carboxylic acids is 1. The topological polar surface area (TPSA) is 86.7 Å². The molecule has 1 fully saturated rings. The van der Waals surface area contributed by atoms with Crippen molar-refractivity contribution in [1.29, 1.82) is 0 Å². The molecule has 0 aliphatic carbocycles. The molecule has 1 saturated heterocycles. The summed E-state index contributed by atoms with van der Waals surface area (Å²) in [6.45, 7) is 3.16. The maximum absolute atomic E-state index is 11.8. The average molecular weight is 294 g/mol. The average Bonchev–Trinajstić information content (AvgIpc) is 2.70. The molecule has 106 valence electrons. The molecule has 1 atom stereocenters. The summed E-state index contributed by atoms with van der Waals surface area (Å²) >= 11 is 1.21. The lowest BCUT2D eigenvalue weighted by Gasteiger charge is -2.37. The minimum Gasteiger partial charge on any atom is -0.477 e. The zero-order valence-electron chi connectivity index (χ0n) is 11.0. The normalized spacial score (nSPS) is 23.3. The molecule has 0 saturated carbocycles. The van der Waals surface area contributed by atoms with E-state index in [0.29, 0.717) is 16.9 Å². The number of thioether (sulfide) groups is 1. The first-order valence-electron chi connectivity index (χ1n) is 6.02. The Balaban J connectivity index is 2.15. The second-order valence-electron chi connectivity index (χ2n) is 4.34. The van der Waals surface area contributed by atoms with Gasteiger partial charge in [0.25, 0.3) is 5.91 Å². The van der Waals surface area contributed by atoms with Crippen LogP contribution in [0.15, 0.2) is 33.9 Å². The van der Waals surface area contributed by atoms with Crippen LogP contribution < -0.4 is 5.32 Å². The van der Waals surface area contributed by atoms with Gasteiger partial charge >= 0.3 is 5.97 Å². The number of hydrogen-bond acceptors (Lipinski definition) is 4. The van der Waals surface area contributed by atoms with E-state index in [2.05, 4.69) is 5.32 Å². The lowest BCUT2D eigenvalue weighted by atomic mass is 9.94. The van der Waals surface area contributed by atoms with Crippen molar-refractivity contribution in [2.75, 3.05) is 0 Å². The molecule has 0 unspecified atom stereocenters. The number of carbonyl (C=O) groups is 3. The van der Waals surface area contributed by atoms with Crippen molar-refractivity contribution in [1.82, 2.24) is 10.2 Å². The molecule has 7 heteroatoms. The summed E-state index contributed by atoms with van der Waals surface area (Å²) in [4.78, 5) is 35.8. The maximum atomic E-state index is 11.8. The van der Waals surface area contributed by atoms with Crippen LogP contribution in [0.3, 0.4) is 0 Å². The van der Waals surface area contributed by atoms with Gasteiger partial charge < -0.3 is 10.4 Å². The highest BCUT2D eigenvalue weighted by atomic mass is 32.2. The van der Waals surface area contributed by atoms with E-state index in [-0.39, 0.29) is 23.6 Å². The zero-order chi connectivity index (χ0) is 14.9. The van der Waals surface area contributed by atoms with Gasteiger partial charge in [0.15, 0.2) is 0 Å². The van der Waals surface area contributed by atoms with Crippen molar-refractivity contribution >= 4 is 29.5 Å². The van der Waals surface area contributed by atoms with E-state index >= 15 is 0 Å². The molecular formula is C13H14N2O4S. The Morgan fingerprint density at radius 1 is 1.50 bits per heavy atom. The summed E-state index contributed by atoms with van der Waals surface area (Å²) in [5.74, 6) is -1.54. The van der Waals surface area contributed by atoms with Crippen molar-refractivity contribution in [3.63, 3.8) is 0 Å². The number of rotatable bonds is 4. The molecule has 0 aromatic rings. The van der Waals surface area contributed by atoms with Gasteiger partial charge in [-0.1, -0.05) is 17.8 Å². The molecule has 2 amide bonds. The second kappa shape index (κ2) is 5.54. The van der Waals surface area contributed by atoms with Crippen molar-refractivity contribution in [2.45, 2.75) is 26.3 Å². The lowest BCUT2D eigenvalue weighted by molar-refractivity contribution is -0.142. The number of allylic oxidation sites excluding steroid dienone is 1. The molecule has 2 aliphatic heterocycles. The molecule has 0 aromatic heterocycles. The number of carbonyl (C=O) groups excluding carboxylic acids is 2. The highest BCUT2D eigenvalue weighted by Gasteiger charge is 2.51. The Morgan fingerprint density at radius 3 is 2.75 bits per heavy atom. The standard InChI is InChI=1S/C13H14N2O4S/c1-3-8-9-6-10(20-5-4-14-7(2)16)11(13(18)19)15(9)12(8)17/h3-5,9H,6H2,1-2H3,(H,14,16)(H,18,19)/b5-4+,8-3+/t9-/m1/s1. The zero-order valence-corrected chi connectivity index (χ0v) is 11.9.